The number of nitrogens with one attached hydrogen (secondary N) is 1. The first-order valence-electron chi connectivity index (χ1n) is 8.68. The van der Waals surface area contributed by atoms with Gasteiger partial charge in [-0.3, -0.25) is 0 Å². The Morgan fingerprint density at radius 1 is 1.24 bits per heavy atom. The van der Waals surface area contributed by atoms with Gasteiger partial charge < -0.3 is 14.5 Å². The second-order valence-corrected chi connectivity index (χ2v) is 6.92. The summed E-state index contributed by atoms with van der Waals surface area (Å²) in [4.78, 5) is 16.8. The van der Waals surface area contributed by atoms with Crippen LogP contribution in [0, 0.1) is 11.3 Å². The van der Waals surface area contributed by atoms with Gasteiger partial charge >= 0.3 is 5.63 Å². The number of benzene rings is 2. The highest BCUT2D eigenvalue weighted by molar-refractivity contribution is 7.11. The number of allylic oxidation sites excluding steroid dienone is 1. The van der Waals surface area contributed by atoms with E-state index < -0.39 is 5.63 Å². The zero-order chi connectivity index (χ0) is 20.2. The minimum atomic E-state index is -0.459. The Labute approximate surface area is 170 Å². The summed E-state index contributed by atoms with van der Waals surface area (Å²) in [5.41, 5.74) is 2.09. The monoisotopic (exact) mass is 401 g/mol. The molecule has 2 aromatic carbocycles. The summed E-state index contributed by atoms with van der Waals surface area (Å²) in [7, 11) is 1.60. The molecule has 1 N–H and O–H groups in total. The van der Waals surface area contributed by atoms with E-state index >= 15 is 0 Å². The molecular weight excluding hydrogens is 386 g/mol. The number of nitrogens with zero attached hydrogens (tertiary/aromatic N) is 2. The number of rotatable bonds is 5. The number of ether oxygens (including phenoxy) is 1. The third-order valence-corrected chi connectivity index (χ3v) is 5.12. The summed E-state index contributed by atoms with van der Waals surface area (Å²) in [5, 5.41) is 15.7. The lowest BCUT2D eigenvalue weighted by molar-refractivity contribution is 0.415. The lowest BCUT2D eigenvalue weighted by atomic mass is 10.1. The van der Waals surface area contributed by atoms with Crippen LogP contribution in [0.4, 0.5) is 5.69 Å². The lowest BCUT2D eigenvalue weighted by Crippen LogP contribution is -2.02. The molecule has 0 amide bonds. The van der Waals surface area contributed by atoms with Gasteiger partial charge in [0.15, 0.2) is 0 Å². The minimum absolute atomic E-state index is 0.363. The summed E-state index contributed by atoms with van der Waals surface area (Å²) >= 11 is 1.29. The number of methoxy groups -OCH3 is 1. The SMILES string of the molecule is COc1ccc(N/C=C(/C#N)c2nc(-c3cc4ccccc4oc3=O)cs2)cc1. The molecule has 4 aromatic rings. The molecule has 0 saturated heterocycles. The van der Waals surface area contributed by atoms with Gasteiger partial charge in [-0.15, -0.1) is 11.3 Å². The van der Waals surface area contributed by atoms with Crippen molar-refractivity contribution in [3.8, 4) is 23.1 Å². The Kier molecular flexibility index (Phi) is 5.10. The Morgan fingerprint density at radius 2 is 2.03 bits per heavy atom. The maximum atomic E-state index is 12.3. The Bertz CT molecular complexity index is 1300. The predicted octanol–water partition coefficient (Wildman–Crippen LogP) is 4.90. The van der Waals surface area contributed by atoms with Crippen LogP contribution in [0.2, 0.25) is 0 Å². The average molecular weight is 401 g/mol. The number of anilines is 1. The van der Waals surface area contributed by atoms with Gasteiger partial charge in [0, 0.05) is 22.7 Å². The van der Waals surface area contributed by atoms with E-state index in [0.29, 0.717) is 27.4 Å². The molecular formula is C22H15N3O3S. The molecule has 29 heavy (non-hydrogen) atoms. The van der Waals surface area contributed by atoms with Crippen LogP contribution < -0.4 is 15.7 Å². The molecule has 0 unspecified atom stereocenters. The quantitative estimate of drug-likeness (QED) is 0.378. The molecule has 0 aliphatic heterocycles. The fourth-order valence-electron chi connectivity index (χ4n) is 2.75. The molecule has 0 saturated carbocycles. The van der Waals surface area contributed by atoms with Crippen LogP contribution in [-0.2, 0) is 0 Å². The van der Waals surface area contributed by atoms with Gasteiger partial charge in [-0.25, -0.2) is 9.78 Å². The molecule has 7 heteroatoms. The van der Waals surface area contributed by atoms with Crippen LogP contribution in [0.15, 0.2) is 75.4 Å². The highest BCUT2D eigenvalue weighted by atomic mass is 32.1. The van der Waals surface area contributed by atoms with Crippen molar-refractivity contribution < 1.29 is 9.15 Å². The van der Waals surface area contributed by atoms with E-state index in [0.717, 1.165) is 16.8 Å². The molecule has 2 aromatic heterocycles. The highest BCUT2D eigenvalue weighted by Crippen LogP contribution is 2.26. The van der Waals surface area contributed by atoms with Crippen molar-refractivity contribution in [2.45, 2.75) is 0 Å². The fraction of sp³-hybridized carbons (Fsp3) is 0.0455. The third-order valence-electron chi connectivity index (χ3n) is 4.25. The standard InChI is InChI=1S/C22H15N3O3S/c1-27-17-8-6-16(7-9-17)24-12-15(11-23)21-25-19(13-29-21)18-10-14-4-2-3-5-20(14)28-22(18)26/h2-10,12-13,24H,1H3/b15-12-. The maximum Gasteiger partial charge on any atom is 0.345 e. The number of fused-ring (bicyclic) bond motifs is 1. The topological polar surface area (TPSA) is 88.2 Å². The summed E-state index contributed by atoms with van der Waals surface area (Å²) in [6.45, 7) is 0. The largest absolute Gasteiger partial charge is 0.497 e. The van der Waals surface area contributed by atoms with Gasteiger partial charge in [0.2, 0.25) is 0 Å². The van der Waals surface area contributed by atoms with E-state index in [2.05, 4.69) is 16.4 Å². The van der Waals surface area contributed by atoms with E-state index in [1.807, 2.05) is 42.5 Å². The molecule has 2 heterocycles. The first-order chi connectivity index (χ1) is 14.2. The van der Waals surface area contributed by atoms with Crippen molar-refractivity contribution in [2.75, 3.05) is 12.4 Å². The lowest BCUT2D eigenvalue weighted by Gasteiger charge is -2.03. The van der Waals surface area contributed by atoms with Gasteiger partial charge in [-0.2, -0.15) is 5.26 Å². The average Bonchev–Trinajstić information content (AvgIpc) is 3.24. The maximum absolute atomic E-state index is 12.3. The van der Waals surface area contributed by atoms with Crippen LogP contribution >= 0.6 is 11.3 Å². The predicted molar refractivity (Wildman–Crippen MR) is 114 cm³/mol. The first kappa shape index (κ1) is 18.5. The van der Waals surface area contributed by atoms with Gasteiger partial charge in [0.1, 0.15) is 28.0 Å². The fourth-order valence-corrected chi connectivity index (χ4v) is 3.53. The number of para-hydroxylation sites is 1. The molecule has 0 aliphatic carbocycles. The van der Waals surface area contributed by atoms with E-state index in [1.165, 1.54) is 11.3 Å². The molecule has 0 bridgehead atoms. The highest BCUT2D eigenvalue weighted by Gasteiger charge is 2.13. The molecule has 6 nitrogen and oxygen atoms in total. The summed E-state index contributed by atoms with van der Waals surface area (Å²) in [6, 6.07) is 18.5. The van der Waals surface area contributed by atoms with Gasteiger partial charge in [-0.1, -0.05) is 18.2 Å². The van der Waals surface area contributed by atoms with Crippen LogP contribution in [0.3, 0.4) is 0 Å². The van der Waals surface area contributed by atoms with E-state index in [9.17, 15) is 10.1 Å². The van der Waals surface area contributed by atoms with Gasteiger partial charge in [-0.05, 0) is 36.4 Å². The third kappa shape index (κ3) is 3.88. The van der Waals surface area contributed by atoms with Crippen molar-refractivity contribution in [3.05, 3.63) is 81.6 Å². The zero-order valence-electron chi connectivity index (χ0n) is 15.4. The molecule has 0 aliphatic rings. The molecule has 0 radical (unpaired) electrons. The molecule has 0 spiro atoms. The smallest absolute Gasteiger partial charge is 0.345 e. The van der Waals surface area contributed by atoms with Crippen LogP contribution in [0.5, 0.6) is 5.75 Å². The van der Waals surface area contributed by atoms with Gasteiger partial charge in [0.05, 0.1) is 18.4 Å². The number of hydrogen-bond donors (Lipinski definition) is 1. The molecule has 4 rings (SSSR count). The second kappa shape index (κ2) is 8.00. The minimum Gasteiger partial charge on any atom is -0.497 e. The van der Waals surface area contributed by atoms with Crippen molar-refractivity contribution in [1.29, 1.82) is 5.26 Å². The van der Waals surface area contributed by atoms with Gasteiger partial charge in [0.25, 0.3) is 0 Å². The molecule has 0 fully saturated rings. The molecule has 0 atom stereocenters. The summed E-state index contributed by atoms with van der Waals surface area (Å²) in [6.07, 6.45) is 1.59. The van der Waals surface area contributed by atoms with Crippen molar-refractivity contribution in [2.24, 2.45) is 0 Å². The summed E-state index contributed by atoms with van der Waals surface area (Å²) in [5.74, 6) is 0.749. The normalized spacial score (nSPS) is 11.2. The molecule has 142 valence electrons. The Hall–Kier alpha value is -3.89. The van der Waals surface area contributed by atoms with Crippen molar-refractivity contribution in [1.82, 2.24) is 4.98 Å². The van der Waals surface area contributed by atoms with E-state index in [-0.39, 0.29) is 0 Å². The van der Waals surface area contributed by atoms with E-state index in [1.54, 1.807) is 30.8 Å². The van der Waals surface area contributed by atoms with Crippen LogP contribution in [0.25, 0.3) is 27.8 Å². The van der Waals surface area contributed by atoms with Crippen LogP contribution in [0.1, 0.15) is 5.01 Å². The van der Waals surface area contributed by atoms with Crippen LogP contribution in [-0.4, -0.2) is 12.1 Å². The number of nitriles is 1. The first-order valence-corrected chi connectivity index (χ1v) is 9.56. The second-order valence-electron chi connectivity index (χ2n) is 6.07. The summed E-state index contributed by atoms with van der Waals surface area (Å²) < 4.78 is 10.5. The van der Waals surface area contributed by atoms with E-state index in [4.69, 9.17) is 9.15 Å². The number of hydrogen-bond acceptors (Lipinski definition) is 7. The number of aromatic nitrogens is 1. The van der Waals surface area contributed by atoms with Crippen molar-refractivity contribution >= 4 is 33.6 Å². The Morgan fingerprint density at radius 3 is 2.79 bits per heavy atom. The zero-order valence-corrected chi connectivity index (χ0v) is 16.2. The number of thiazole rings is 1. The van der Waals surface area contributed by atoms with Crippen molar-refractivity contribution in [3.63, 3.8) is 0 Å². The Balaban J connectivity index is 1.62.